The fourth-order valence-corrected chi connectivity index (χ4v) is 5.23. The summed E-state index contributed by atoms with van der Waals surface area (Å²) in [6.07, 6.45) is -1.99. The van der Waals surface area contributed by atoms with E-state index in [4.69, 9.17) is 14.6 Å². The van der Waals surface area contributed by atoms with Crippen molar-refractivity contribution in [3.63, 3.8) is 0 Å². The molecule has 31 heavy (non-hydrogen) atoms. The number of halogens is 3. The number of likely N-dealkylation sites (tertiary alicyclic amines) is 1. The molecule has 0 bridgehead atoms. The number of hydrogen-bond donors (Lipinski definition) is 1. The van der Waals surface area contributed by atoms with Crippen molar-refractivity contribution < 1.29 is 27.8 Å². The molecule has 1 saturated heterocycles. The first-order chi connectivity index (χ1) is 14.8. The standard InChI is InChI=1S/C18H19N3OS2.C2HF3O2/c1-2-16(24-6-1)15-8-19-17-10-22-18(13-21(15)17)4-5-20(12-18)9-14-3-7-23-11-14;3-2(4,5)1(6)7/h1-3,6-8,11H,4-5,9-10,12-13H2;(H,6,7). The molecule has 0 amide bonds. The predicted octanol–water partition coefficient (Wildman–Crippen LogP) is 4.48. The highest BCUT2D eigenvalue weighted by Crippen LogP contribution is 2.36. The number of aliphatic carboxylic acids is 1. The summed E-state index contributed by atoms with van der Waals surface area (Å²) >= 11 is 3.55. The summed E-state index contributed by atoms with van der Waals surface area (Å²) in [4.78, 5) is 17.3. The van der Waals surface area contributed by atoms with Crippen LogP contribution in [0.5, 0.6) is 0 Å². The molecule has 2 aliphatic rings. The molecule has 6 nitrogen and oxygen atoms in total. The first-order valence-electron chi connectivity index (χ1n) is 9.52. The normalized spacial score (nSPS) is 21.0. The average Bonchev–Trinajstić information content (AvgIpc) is 3.49. The van der Waals surface area contributed by atoms with Gasteiger partial charge in [-0.15, -0.1) is 11.3 Å². The number of carbonyl (C=O) groups is 1. The highest BCUT2D eigenvalue weighted by atomic mass is 32.1. The molecule has 0 aromatic carbocycles. The van der Waals surface area contributed by atoms with Gasteiger partial charge in [-0.05, 0) is 40.3 Å². The lowest BCUT2D eigenvalue weighted by atomic mass is 10.0. The largest absolute Gasteiger partial charge is 0.490 e. The van der Waals surface area contributed by atoms with Crippen LogP contribution in [0.1, 0.15) is 17.8 Å². The van der Waals surface area contributed by atoms with Gasteiger partial charge in [0.1, 0.15) is 18.0 Å². The second kappa shape index (κ2) is 8.73. The quantitative estimate of drug-likeness (QED) is 0.610. The molecule has 1 fully saturated rings. The zero-order valence-corrected chi connectivity index (χ0v) is 18.0. The van der Waals surface area contributed by atoms with Crippen LogP contribution >= 0.6 is 22.7 Å². The number of carboxylic acid groups (broad SMARTS) is 1. The van der Waals surface area contributed by atoms with Crippen molar-refractivity contribution in [2.24, 2.45) is 0 Å². The van der Waals surface area contributed by atoms with Gasteiger partial charge in [0.05, 0.1) is 23.3 Å². The minimum absolute atomic E-state index is 0.0598. The van der Waals surface area contributed by atoms with Crippen molar-refractivity contribution in [2.75, 3.05) is 13.1 Å². The third-order valence-electron chi connectivity index (χ3n) is 5.29. The molecule has 0 saturated carbocycles. The van der Waals surface area contributed by atoms with E-state index in [9.17, 15) is 13.2 Å². The van der Waals surface area contributed by atoms with Gasteiger partial charge in [-0.25, -0.2) is 9.78 Å². The molecule has 0 radical (unpaired) electrons. The number of aromatic nitrogens is 2. The molecule has 1 spiro atoms. The lowest BCUT2D eigenvalue weighted by Gasteiger charge is -2.35. The number of thiophene rings is 2. The Labute approximate surface area is 184 Å². The topological polar surface area (TPSA) is 67.6 Å². The van der Waals surface area contributed by atoms with Gasteiger partial charge >= 0.3 is 12.1 Å². The summed E-state index contributed by atoms with van der Waals surface area (Å²) in [6.45, 7) is 4.68. The lowest BCUT2D eigenvalue weighted by Crippen LogP contribution is -2.44. The zero-order valence-electron chi connectivity index (χ0n) is 16.3. The van der Waals surface area contributed by atoms with Crippen LogP contribution in [-0.4, -0.2) is 50.4 Å². The monoisotopic (exact) mass is 471 g/mol. The third-order valence-corrected chi connectivity index (χ3v) is 6.91. The summed E-state index contributed by atoms with van der Waals surface area (Å²) < 4.78 is 40.4. The first kappa shape index (κ1) is 22.0. The Balaban J connectivity index is 0.000000289. The molecular weight excluding hydrogens is 451 g/mol. The fourth-order valence-electron chi connectivity index (χ4n) is 3.83. The molecule has 1 unspecified atom stereocenters. The maximum Gasteiger partial charge on any atom is 0.490 e. The van der Waals surface area contributed by atoms with E-state index in [1.807, 2.05) is 6.20 Å². The second-order valence-electron chi connectivity index (χ2n) is 7.49. The van der Waals surface area contributed by atoms with Gasteiger partial charge in [-0.1, -0.05) is 6.07 Å². The van der Waals surface area contributed by atoms with Gasteiger partial charge < -0.3 is 14.4 Å². The maximum atomic E-state index is 10.6. The van der Waals surface area contributed by atoms with Crippen molar-refractivity contribution in [1.82, 2.24) is 14.5 Å². The Hall–Kier alpha value is -2.21. The van der Waals surface area contributed by atoms with Crippen LogP contribution in [0.3, 0.4) is 0 Å². The highest BCUT2D eigenvalue weighted by Gasteiger charge is 2.43. The molecule has 1 N–H and O–H groups in total. The summed E-state index contributed by atoms with van der Waals surface area (Å²) in [5, 5.41) is 13.7. The molecule has 3 aromatic rings. The van der Waals surface area contributed by atoms with Crippen LogP contribution in [0.15, 0.2) is 40.5 Å². The van der Waals surface area contributed by atoms with E-state index in [-0.39, 0.29) is 5.60 Å². The van der Waals surface area contributed by atoms with Crippen molar-refractivity contribution >= 4 is 28.6 Å². The van der Waals surface area contributed by atoms with Gasteiger partial charge in [0.15, 0.2) is 0 Å². The smallest absolute Gasteiger partial charge is 0.475 e. The highest BCUT2D eigenvalue weighted by molar-refractivity contribution is 7.13. The predicted molar refractivity (Wildman–Crippen MR) is 111 cm³/mol. The molecule has 3 aromatic heterocycles. The van der Waals surface area contributed by atoms with E-state index >= 15 is 0 Å². The van der Waals surface area contributed by atoms with Gasteiger partial charge in [0.2, 0.25) is 0 Å². The first-order valence-corrected chi connectivity index (χ1v) is 11.3. The van der Waals surface area contributed by atoms with Crippen LogP contribution in [0.4, 0.5) is 13.2 Å². The lowest BCUT2D eigenvalue weighted by molar-refractivity contribution is -0.192. The number of nitrogens with zero attached hydrogens (tertiary/aromatic N) is 3. The fraction of sp³-hybridized carbons (Fsp3) is 0.400. The van der Waals surface area contributed by atoms with Crippen LogP contribution in [0.2, 0.25) is 0 Å². The zero-order chi connectivity index (χ0) is 22.1. The van der Waals surface area contributed by atoms with Crippen molar-refractivity contribution in [3.8, 4) is 10.6 Å². The summed E-state index contributed by atoms with van der Waals surface area (Å²) in [5.74, 6) is -1.70. The van der Waals surface area contributed by atoms with Crippen molar-refractivity contribution in [2.45, 2.75) is 37.9 Å². The molecular formula is C20H20F3N3O3S2. The average molecular weight is 472 g/mol. The Morgan fingerprint density at radius 1 is 1.29 bits per heavy atom. The third kappa shape index (κ3) is 5.00. The van der Waals surface area contributed by atoms with E-state index < -0.39 is 12.1 Å². The van der Waals surface area contributed by atoms with Crippen molar-refractivity contribution in [1.29, 1.82) is 0 Å². The van der Waals surface area contributed by atoms with Crippen molar-refractivity contribution in [3.05, 3.63) is 51.9 Å². The van der Waals surface area contributed by atoms with E-state index in [1.54, 1.807) is 22.7 Å². The Kier molecular flexibility index (Phi) is 6.20. The maximum absolute atomic E-state index is 10.6. The van der Waals surface area contributed by atoms with Gasteiger partial charge in [0.25, 0.3) is 0 Å². The number of rotatable bonds is 3. The molecule has 5 heterocycles. The molecule has 0 aliphatic carbocycles. The molecule has 5 rings (SSSR count). The Morgan fingerprint density at radius 3 is 2.74 bits per heavy atom. The van der Waals surface area contributed by atoms with Gasteiger partial charge in [0, 0.05) is 19.6 Å². The number of carboxylic acids is 1. The van der Waals surface area contributed by atoms with E-state index in [0.29, 0.717) is 6.61 Å². The van der Waals surface area contributed by atoms with E-state index in [2.05, 4.69) is 48.8 Å². The van der Waals surface area contributed by atoms with E-state index in [0.717, 1.165) is 38.4 Å². The SMILES string of the molecule is O=C(O)C(F)(F)F.c1csc(-c2cnc3n2CC2(CCN(Cc4ccsc4)C2)OC3)c1. The minimum atomic E-state index is -5.08. The molecule has 11 heteroatoms. The van der Waals surface area contributed by atoms with Crippen LogP contribution in [0, 0.1) is 0 Å². The Bertz CT molecular complexity index is 1020. The van der Waals surface area contributed by atoms with Gasteiger partial charge in [-0.3, -0.25) is 4.90 Å². The van der Waals surface area contributed by atoms with E-state index in [1.165, 1.54) is 16.1 Å². The summed E-state index contributed by atoms with van der Waals surface area (Å²) in [7, 11) is 0. The van der Waals surface area contributed by atoms with Crippen LogP contribution in [0.25, 0.3) is 10.6 Å². The number of ether oxygens (including phenoxy) is 1. The number of alkyl halides is 3. The molecule has 2 aliphatic heterocycles. The summed E-state index contributed by atoms with van der Waals surface area (Å²) in [5.41, 5.74) is 2.59. The minimum Gasteiger partial charge on any atom is -0.475 e. The molecule has 166 valence electrons. The number of fused-ring (bicyclic) bond motifs is 1. The van der Waals surface area contributed by atoms with Gasteiger partial charge in [-0.2, -0.15) is 24.5 Å². The van der Waals surface area contributed by atoms with Crippen LogP contribution < -0.4 is 0 Å². The van der Waals surface area contributed by atoms with Crippen LogP contribution in [-0.2, 0) is 29.2 Å². The summed E-state index contributed by atoms with van der Waals surface area (Å²) in [6, 6.07) is 6.50. The number of imidazole rings is 1. The second-order valence-corrected chi connectivity index (χ2v) is 9.22. The Morgan fingerprint density at radius 2 is 2.10 bits per heavy atom. The molecule has 1 atom stereocenters. The number of hydrogen-bond acceptors (Lipinski definition) is 6.